The molecule has 14 nitrogen and oxygen atoms in total. The molecule has 38 heavy (non-hydrogen) atoms. The monoisotopic (exact) mass is 526 g/mol. The lowest BCUT2D eigenvalue weighted by molar-refractivity contribution is -0.384. The van der Waals surface area contributed by atoms with Gasteiger partial charge in [0.15, 0.2) is 5.96 Å². The van der Waals surface area contributed by atoms with Crippen LogP contribution in [0, 0.1) is 10.1 Å². The number of carbonyl (C=O) groups excluding carboxylic acids is 4. The fraction of sp³-hybridized carbons (Fsp3) is 0.292. The number of nitrogens with two attached hydrogens (primary N) is 3. The first-order chi connectivity index (χ1) is 18.1. The van der Waals surface area contributed by atoms with Gasteiger partial charge in [-0.05, 0) is 37.1 Å². The largest absolute Gasteiger partial charge is 0.370 e. The molecule has 14 heteroatoms. The lowest BCUT2D eigenvalue weighted by atomic mass is 10.1. The lowest BCUT2D eigenvalue weighted by Gasteiger charge is -2.30. The molecule has 1 atom stereocenters. The fourth-order valence-electron chi connectivity index (χ4n) is 3.45. The second kappa shape index (κ2) is 14.5. The standard InChI is InChI=1S/C24H30N8O6/c25-22(35)19(7-4-13-29-24(26)27)31(17-8-10-18(11-9-17)32(37)38)21(34)15-30-20(33)12-14-28-23(36)16-5-2-1-3-6-16/h1-3,5-6,8-11,19H,4,7,12-15H2,(H2,25,35)(H,28,36)(H,30,33)(H4,26,27,29)/t19-/m0/s1. The van der Waals surface area contributed by atoms with Crippen LogP contribution in [0.15, 0.2) is 59.6 Å². The summed E-state index contributed by atoms with van der Waals surface area (Å²) in [6.45, 7) is -0.269. The first kappa shape index (κ1) is 29.2. The molecular formula is C24H30N8O6. The summed E-state index contributed by atoms with van der Waals surface area (Å²) >= 11 is 0. The van der Waals surface area contributed by atoms with Crippen LogP contribution in [-0.4, -0.2) is 60.2 Å². The average molecular weight is 527 g/mol. The van der Waals surface area contributed by atoms with Crippen LogP contribution in [0.3, 0.4) is 0 Å². The Balaban J connectivity index is 2.06. The highest BCUT2D eigenvalue weighted by molar-refractivity contribution is 6.02. The van der Waals surface area contributed by atoms with E-state index in [-0.39, 0.29) is 49.2 Å². The minimum Gasteiger partial charge on any atom is -0.370 e. The first-order valence-corrected chi connectivity index (χ1v) is 11.6. The molecule has 0 aliphatic heterocycles. The number of hydrogen-bond donors (Lipinski definition) is 5. The molecule has 0 aromatic heterocycles. The number of nitrogens with zero attached hydrogens (tertiary/aromatic N) is 3. The smallest absolute Gasteiger partial charge is 0.269 e. The number of aliphatic imine (C=N–C) groups is 1. The second-order valence-electron chi connectivity index (χ2n) is 8.05. The van der Waals surface area contributed by atoms with Gasteiger partial charge < -0.3 is 27.8 Å². The molecule has 202 valence electrons. The minimum absolute atomic E-state index is 0.0362. The van der Waals surface area contributed by atoms with Gasteiger partial charge in [-0.3, -0.25) is 39.2 Å². The highest BCUT2D eigenvalue weighted by Crippen LogP contribution is 2.23. The number of primary amides is 1. The van der Waals surface area contributed by atoms with Crippen molar-refractivity contribution in [2.24, 2.45) is 22.2 Å². The molecular weight excluding hydrogens is 496 g/mol. The second-order valence-corrected chi connectivity index (χ2v) is 8.05. The predicted octanol–water partition coefficient (Wildman–Crippen LogP) is -0.228. The van der Waals surface area contributed by atoms with Gasteiger partial charge in [-0.1, -0.05) is 18.2 Å². The predicted molar refractivity (Wildman–Crippen MR) is 140 cm³/mol. The van der Waals surface area contributed by atoms with Crippen molar-refractivity contribution in [1.82, 2.24) is 10.6 Å². The van der Waals surface area contributed by atoms with Gasteiger partial charge in [0.25, 0.3) is 11.6 Å². The van der Waals surface area contributed by atoms with Crippen molar-refractivity contribution in [3.8, 4) is 0 Å². The molecule has 0 bridgehead atoms. The third-order valence-electron chi connectivity index (χ3n) is 5.29. The van der Waals surface area contributed by atoms with E-state index in [1.165, 1.54) is 24.3 Å². The molecule has 0 aliphatic carbocycles. The Morgan fingerprint density at radius 3 is 2.21 bits per heavy atom. The molecule has 2 aromatic rings. The minimum atomic E-state index is -1.14. The van der Waals surface area contributed by atoms with Crippen molar-refractivity contribution in [2.75, 3.05) is 24.5 Å². The Labute approximate surface area is 218 Å². The van der Waals surface area contributed by atoms with Gasteiger partial charge in [0.2, 0.25) is 17.7 Å². The van der Waals surface area contributed by atoms with E-state index < -0.39 is 35.2 Å². The van der Waals surface area contributed by atoms with Crippen molar-refractivity contribution < 1.29 is 24.1 Å². The number of rotatable bonds is 14. The van der Waals surface area contributed by atoms with Crippen molar-refractivity contribution in [3.05, 3.63) is 70.3 Å². The van der Waals surface area contributed by atoms with Crippen molar-refractivity contribution in [3.63, 3.8) is 0 Å². The van der Waals surface area contributed by atoms with Gasteiger partial charge in [0.1, 0.15) is 6.04 Å². The van der Waals surface area contributed by atoms with E-state index in [1.54, 1.807) is 30.3 Å². The highest BCUT2D eigenvalue weighted by atomic mass is 16.6. The molecule has 0 aliphatic rings. The molecule has 8 N–H and O–H groups in total. The Bertz CT molecular complexity index is 1170. The zero-order chi connectivity index (χ0) is 28.1. The van der Waals surface area contributed by atoms with Gasteiger partial charge in [-0.25, -0.2) is 0 Å². The summed E-state index contributed by atoms with van der Waals surface area (Å²) in [4.78, 5) is 65.1. The third kappa shape index (κ3) is 9.22. The number of nitro groups is 1. The Kier molecular flexibility index (Phi) is 11.2. The number of amides is 4. The van der Waals surface area contributed by atoms with E-state index in [0.717, 1.165) is 4.90 Å². The topological polar surface area (TPSA) is 229 Å². The summed E-state index contributed by atoms with van der Waals surface area (Å²) in [7, 11) is 0. The van der Waals surface area contributed by atoms with Crippen LogP contribution < -0.4 is 32.7 Å². The number of nitro benzene ring substituents is 1. The maximum absolute atomic E-state index is 13.2. The summed E-state index contributed by atoms with van der Waals surface area (Å²) < 4.78 is 0. The summed E-state index contributed by atoms with van der Waals surface area (Å²) in [6.07, 6.45) is 0.297. The zero-order valence-corrected chi connectivity index (χ0v) is 20.5. The van der Waals surface area contributed by atoms with Crippen LogP contribution in [0.1, 0.15) is 29.6 Å². The fourth-order valence-corrected chi connectivity index (χ4v) is 3.45. The van der Waals surface area contributed by atoms with Crippen LogP contribution >= 0.6 is 0 Å². The third-order valence-corrected chi connectivity index (χ3v) is 5.29. The molecule has 0 unspecified atom stereocenters. The van der Waals surface area contributed by atoms with E-state index in [1.807, 2.05) is 0 Å². The summed E-state index contributed by atoms with van der Waals surface area (Å²) in [5.41, 5.74) is 16.6. The van der Waals surface area contributed by atoms with E-state index >= 15 is 0 Å². The number of carbonyl (C=O) groups is 4. The van der Waals surface area contributed by atoms with Crippen LogP contribution in [0.25, 0.3) is 0 Å². The molecule has 0 saturated heterocycles. The molecule has 2 aromatic carbocycles. The van der Waals surface area contributed by atoms with Gasteiger partial charge in [-0.15, -0.1) is 0 Å². The van der Waals surface area contributed by atoms with Crippen LogP contribution in [-0.2, 0) is 14.4 Å². The number of hydrogen-bond acceptors (Lipinski definition) is 7. The molecule has 0 radical (unpaired) electrons. The number of benzene rings is 2. The Morgan fingerprint density at radius 2 is 1.63 bits per heavy atom. The van der Waals surface area contributed by atoms with Crippen molar-refractivity contribution in [2.45, 2.75) is 25.3 Å². The highest BCUT2D eigenvalue weighted by Gasteiger charge is 2.30. The van der Waals surface area contributed by atoms with Gasteiger partial charge in [0, 0.05) is 42.9 Å². The molecule has 2 rings (SSSR count). The van der Waals surface area contributed by atoms with Crippen LogP contribution in [0.2, 0.25) is 0 Å². The molecule has 4 amide bonds. The van der Waals surface area contributed by atoms with Gasteiger partial charge in [0.05, 0.1) is 11.5 Å². The molecule has 0 saturated carbocycles. The number of non-ortho nitro benzene ring substituents is 1. The first-order valence-electron chi connectivity index (χ1n) is 11.6. The van der Waals surface area contributed by atoms with E-state index in [9.17, 15) is 29.3 Å². The van der Waals surface area contributed by atoms with Crippen LogP contribution in [0.4, 0.5) is 11.4 Å². The summed E-state index contributed by atoms with van der Waals surface area (Å²) in [5, 5.41) is 16.1. The average Bonchev–Trinajstić information content (AvgIpc) is 2.89. The molecule has 0 fully saturated rings. The zero-order valence-electron chi connectivity index (χ0n) is 20.5. The lowest BCUT2D eigenvalue weighted by Crippen LogP contribution is -2.51. The van der Waals surface area contributed by atoms with Gasteiger partial charge >= 0.3 is 0 Å². The van der Waals surface area contributed by atoms with Crippen molar-refractivity contribution >= 4 is 41.0 Å². The van der Waals surface area contributed by atoms with Crippen molar-refractivity contribution in [1.29, 1.82) is 0 Å². The maximum Gasteiger partial charge on any atom is 0.269 e. The number of nitrogens with one attached hydrogen (secondary N) is 2. The molecule has 0 heterocycles. The maximum atomic E-state index is 13.2. The normalized spacial score (nSPS) is 11.1. The molecule has 0 spiro atoms. The SMILES string of the molecule is NC(=O)[C@H](CCCN=C(N)N)N(C(=O)CNC(=O)CCNC(=O)c1ccccc1)c1ccc([N+](=O)[O-])cc1. The van der Waals surface area contributed by atoms with Gasteiger partial charge in [-0.2, -0.15) is 0 Å². The Hall–Kier alpha value is -5.01. The quantitative estimate of drug-likeness (QED) is 0.0724. The number of guanidine groups is 1. The van der Waals surface area contributed by atoms with E-state index in [2.05, 4.69) is 15.6 Å². The number of anilines is 1. The summed E-state index contributed by atoms with van der Waals surface area (Å²) in [6, 6.07) is 12.3. The Morgan fingerprint density at radius 1 is 0.974 bits per heavy atom. The van der Waals surface area contributed by atoms with E-state index in [4.69, 9.17) is 17.2 Å². The van der Waals surface area contributed by atoms with E-state index in [0.29, 0.717) is 12.0 Å². The van der Waals surface area contributed by atoms with Crippen LogP contribution in [0.5, 0.6) is 0 Å². The summed E-state index contributed by atoms with van der Waals surface area (Å²) in [5.74, 6) is -2.49.